The minimum atomic E-state index is -0.0191. The summed E-state index contributed by atoms with van der Waals surface area (Å²) < 4.78 is 0. The Morgan fingerprint density at radius 3 is 3.07 bits per heavy atom. The number of hydrogen-bond acceptors (Lipinski definition) is 4. The zero-order valence-corrected chi connectivity index (χ0v) is 8.20. The number of hydrogen-bond donors (Lipinski definition) is 2. The molecule has 5 heteroatoms. The number of rotatable bonds is 4. The third-order valence-corrected chi connectivity index (χ3v) is 2.24. The molecule has 0 aliphatic carbocycles. The molecule has 0 unspecified atom stereocenters. The maximum Gasteiger partial charge on any atom is 0.234 e. The summed E-state index contributed by atoms with van der Waals surface area (Å²) in [5.41, 5.74) is 5.71. The lowest BCUT2D eigenvalue weighted by molar-refractivity contribution is -0.121. The highest BCUT2D eigenvalue weighted by Crippen LogP contribution is 2.05. The summed E-state index contributed by atoms with van der Waals surface area (Å²) in [7, 11) is 0. The Bertz CT molecular complexity index is 235. The highest BCUT2D eigenvalue weighted by atomic mass is 16.2. The van der Waals surface area contributed by atoms with Crippen LogP contribution in [-0.2, 0) is 4.79 Å². The molecule has 78 valence electrons. The molecule has 0 saturated carbocycles. The fourth-order valence-corrected chi connectivity index (χ4v) is 1.52. The molecule has 5 nitrogen and oxygen atoms in total. The Balaban J connectivity index is 2.11. The lowest BCUT2D eigenvalue weighted by Gasteiger charge is -2.13. The molecule has 0 aromatic heterocycles. The number of nitrogens with one attached hydrogen (secondary N) is 1. The number of carbonyl (C=O) groups excluding carboxylic acids is 1. The van der Waals surface area contributed by atoms with Crippen LogP contribution in [0.2, 0.25) is 0 Å². The average molecular weight is 196 g/mol. The maximum atomic E-state index is 11.3. The standard InChI is InChI=1S/C9H16N4O/c10-3-1-4-12-9(14)7-13-5-2-8(11)6-13/h8H,1-2,4-7,11H2,(H,12,14)/t8-/m1/s1. The smallest absolute Gasteiger partial charge is 0.234 e. The molecule has 1 saturated heterocycles. The quantitative estimate of drug-likeness (QED) is 0.568. The minimum absolute atomic E-state index is 0.0191. The van der Waals surface area contributed by atoms with Gasteiger partial charge >= 0.3 is 0 Å². The summed E-state index contributed by atoms with van der Waals surface area (Å²) in [5, 5.41) is 11.0. The van der Waals surface area contributed by atoms with Crippen molar-refractivity contribution in [2.75, 3.05) is 26.2 Å². The van der Waals surface area contributed by atoms with Gasteiger partial charge in [-0.15, -0.1) is 0 Å². The van der Waals surface area contributed by atoms with Crippen molar-refractivity contribution in [3.63, 3.8) is 0 Å². The van der Waals surface area contributed by atoms with Crippen LogP contribution < -0.4 is 11.1 Å². The summed E-state index contributed by atoms with van der Waals surface area (Å²) in [6.07, 6.45) is 1.33. The molecule has 1 heterocycles. The van der Waals surface area contributed by atoms with Crippen LogP contribution in [0.5, 0.6) is 0 Å². The third kappa shape index (κ3) is 3.73. The first-order valence-electron chi connectivity index (χ1n) is 4.84. The second-order valence-electron chi connectivity index (χ2n) is 3.54. The summed E-state index contributed by atoms with van der Waals surface area (Å²) in [6, 6.07) is 2.19. The van der Waals surface area contributed by atoms with Gasteiger partial charge in [0.1, 0.15) is 0 Å². The third-order valence-electron chi connectivity index (χ3n) is 2.24. The number of carbonyl (C=O) groups is 1. The highest BCUT2D eigenvalue weighted by molar-refractivity contribution is 5.78. The molecule has 0 bridgehead atoms. The van der Waals surface area contributed by atoms with E-state index in [1.165, 1.54) is 0 Å². The Morgan fingerprint density at radius 2 is 2.50 bits per heavy atom. The fourth-order valence-electron chi connectivity index (χ4n) is 1.52. The average Bonchev–Trinajstić information content (AvgIpc) is 2.52. The molecular weight excluding hydrogens is 180 g/mol. The van der Waals surface area contributed by atoms with Crippen molar-refractivity contribution in [1.82, 2.24) is 10.2 Å². The van der Waals surface area contributed by atoms with Crippen LogP contribution in [0.1, 0.15) is 12.8 Å². The number of nitrogens with two attached hydrogens (primary N) is 1. The Labute approximate surface area is 83.9 Å². The van der Waals surface area contributed by atoms with Gasteiger partial charge in [-0.2, -0.15) is 5.26 Å². The first kappa shape index (κ1) is 11.0. The van der Waals surface area contributed by atoms with E-state index in [0.717, 1.165) is 19.5 Å². The molecule has 0 aromatic carbocycles. The van der Waals surface area contributed by atoms with Gasteiger partial charge in [0.2, 0.25) is 5.91 Å². The number of likely N-dealkylation sites (tertiary alicyclic amines) is 1. The molecule has 1 fully saturated rings. The zero-order valence-electron chi connectivity index (χ0n) is 8.20. The Hall–Kier alpha value is -1.12. The summed E-state index contributed by atoms with van der Waals surface area (Å²) in [6.45, 7) is 2.53. The van der Waals surface area contributed by atoms with Crippen molar-refractivity contribution in [2.24, 2.45) is 5.73 Å². The lowest BCUT2D eigenvalue weighted by Crippen LogP contribution is -2.37. The van der Waals surface area contributed by atoms with Crippen LogP contribution in [0.3, 0.4) is 0 Å². The molecule has 14 heavy (non-hydrogen) atoms. The number of amides is 1. The van der Waals surface area contributed by atoms with Gasteiger partial charge in [-0.25, -0.2) is 0 Å². The van der Waals surface area contributed by atoms with Crippen LogP contribution >= 0.6 is 0 Å². The normalized spacial score (nSPS) is 21.9. The molecule has 1 atom stereocenters. The second kappa shape index (κ2) is 5.58. The van der Waals surface area contributed by atoms with Crippen LogP contribution in [-0.4, -0.2) is 43.0 Å². The Kier molecular flexibility index (Phi) is 4.36. The van der Waals surface area contributed by atoms with Crippen molar-refractivity contribution in [3.8, 4) is 6.07 Å². The van der Waals surface area contributed by atoms with E-state index in [9.17, 15) is 4.79 Å². The van der Waals surface area contributed by atoms with Gasteiger partial charge in [0.15, 0.2) is 0 Å². The largest absolute Gasteiger partial charge is 0.354 e. The first-order chi connectivity index (χ1) is 6.72. The van der Waals surface area contributed by atoms with E-state index in [1.54, 1.807) is 0 Å². The number of nitriles is 1. The van der Waals surface area contributed by atoms with Crippen LogP contribution in [0.4, 0.5) is 0 Å². The van der Waals surface area contributed by atoms with E-state index >= 15 is 0 Å². The van der Waals surface area contributed by atoms with Gasteiger partial charge in [-0.05, 0) is 6.42 Å². The van der Waals surface area contributed by atoms with Crippen molar-refractivity contribution in [3.05, 3.63) is 0 Å². The monoisotopic (exact) mass is 196 g/mol. The molecule has 0 radical (unpaired) electrons. The van der Waals surface area contributed by atoms with E-state index in [1.807, 2.05) is 11.0 Å². The molecule has 1 aliphatic heterocycles. The molecule has 1 aliphatic rings. The molecule has 3 N–H and O–H groups in total. The molecular formula is C9H16N4O. The summed E-state index contributed by atoms with van der Waals surface area (Å²) in [4.78, 5) is 13.3. The van der Waals surface area contributed by atoms with Crippen LogP contribution in [0.25, 0.3) is 0 Å². The van der Waals surface area contributed by atoms with E-state index in [4.69, 9.17) is 11.0 Å². The summed E-state index contributed by atoms with van der Waals surface area (Å²) in [5.74, 6) is -0.0191. The molecule has 0 spiro atoms. The zero-order chi connectivity index (χ0) is 10.4. The fraction of sp³-hybridized carbons (Fsp3) is 0.778. The molecule has 1 amide bonds. The number of nitrogens with zero attached hydrogens (tertiary/aromatic N) is 2. The second-order valence-corrected chi connectivity index (χ2v) is 3.54. The predicted molar refractivity (Wildman–Crippen MR) is 52.3 cm³/mol. The van der Waals surface area contributed by atoms with E-state index in [-0.39, 0.29) is 11.9 Å². The van der Waals surface area contributed by atoms with Crippen molar-refractivity contribution < 1.29 is 4.79 Å². The lowest BCUT2D eigenvalue weighted by atomic mass is 10.3. The molecule has 0 aromatic rings. The van der Waals surface area contributed by atoms with E-state index in [0.29, 0.717) is 19.5 Å². The molecule has 1 rings (SSSR count). The van der Waals surface area contributed by atoms with Crippen molar-refractivity contribution >= 4 is 5.91 Å². The topological polar surface area (TPSA) is 82.2 Å². The van der Waals surface area contributed by atoms with E-state index in [2.05, 4.69) is 5.32 Å². The van der Waals surface area contributed by atoms with Gasteiger partial charge < -0.3 is 11.1 Å². The SMILES string of the molecule is N#CCCNC(=O)CN1CC[C@@H](N)C1. The first-order valence-corrected chi connectivity index (χ1v) is 4.84. The van der Waals surface area contributed by atoms with Gasteiger partial charge in [0.25, 0.3) is 0 Å². The van der Waals surface area contributed by atoms with Crippen LogP contribution in [0, 0.1) is 11.3 Å². The van der Waals surface area contributed by atoms with Gasteiger partial charge in [0, 0.05) is 25.7 Å². The maximum absolute atomic E-state index is 11.3. The Morgan fingerprint density at radius 1 is 1.71 bits per heavy atom. The highest BCUT2D eigenvalue weighted by Gasteiger charge is 2.20. The van der Waals surface area contributed by atoms with Gasteiger partial charge in [0.05, 0.1) is 19.0 Å². The van der Waals surface area contributed by atoms with Gasteiger partial charge in [-0.1, -0.05) is 0 Å². The predicted octanol–water partition coefficient (Wildman–Crippen LogP) is -0.951. The van der Waals surface area contributed by atoms with Crippen molar-refractivity contribution in [2.45, 2.75) is 18.9 Å². The van der Waals surface area contributed by atoms with Crippen LogP contribution in [0.15, 0.2) is 0 Å². The van der Waals surface area contributed by atoms with Gasteiger partial charge in [-0.3, -0.25) is 9.69 Å². The van der Waals surface area contributed by atoms with E-state index < -0.39 is 0 Å². The van der Waals surface area contributed by atoms with Crippen molar-refractivity contribution in [1.29, 1.82) is 5.26 Å². The minimum Gasteiger partial charge on any atom is -0.354 e. The summed E-state index contributed by atoms with van der Waals surface area (Å²) >= 11 is 0.